The zero-order valence-electron chi connectivity index (χ0n) is 11.1. The van der Waals surface area contributed by atoms with Crippen molar-refractivity contribution in [3.63, 3.8) is 0 Å². The molecule has 1 aromatic carbocycles. The second-order valence-electron chi connectivity index (χ2n) is 5.63. The Hall–Kier alpha value is -1.02. The van der Waals surface area contributed by atoms with E-state index in [2.05, 4.69) is 0 Å². The molecule has 19 heavy (non-hydrogen) atoms. The van der Waals surface area contributed by atoms with E-state index in [0.717, 1.165) is 41.2 Å². The predicted molar refractivity (Wildman–Crippen MR) is 75.9 cm³/mol. The number of ketones is 1. The van der Waals surface area contributed by atoms with Crippen molar-refractivity contribution in [1.82, 2.24) is 0 Å². The summed E-state index contributed by atoms with van der Waals surface area (Å²) >= 11 is 6.13. The van der Waals surface area contributed by atoms with Crippen LogP contribution in [0.5, 0.6) is 5.75 Å². The average Bonchev–Trinajstić information content (AvgIpc) is 2.88. The summed E-state index contributed by atoms with van der Waals surface area (Å²) in [4.78, 5) is 12.4. The minimum atomic E-state index is 0.254. The molecule has 0 amide bonds. The first-order valence-electron chi connectivity index (χ1n) is 7.21. The lowest BCUT2D eigenvalue weighted by molar-refractivity contribution is -0.123. The summed E-state index contributed by atoms with van der Waals surface area (Å²) in [5.74, 6) is 1.53. The Balaban J connectivity index is 1.77. The number of hydrogen-bond acceptors (Lipinski definition) is 2. The molecule has 0 saturated heterocycles. The van der Waals surface area contributed by atoms with Crippen LogP contribution in [0.25, 0.3) is 0 Å². The van der Waals surface area contributed by atoms with Crippen LogP contribution >= 0.6 is 11.6 Å². The van der Waals surface area contributed by atoms with Gasteiger partial charge in [-0.05, 0) is 30.5 Å². The number of rotatable bonds is 3. The number of Topliss-reactive ketones (excluding diaryl/α,β-unsaturated/α-hetero) is 1. The van der Waals surface area contributed by atoms with Gasteiger partial charge in [0.05, 0.1) is 6.61 Å². The lowest BCUT2D eigenvalue weighted by atomic mass is 9.84. The van der Waals surface area contributed by atoms with Crippen LogP contribution in [0.4, 0.5) is 0 Å². The highest BCUT2D eigenvalue weighted by Gasteiger charge is 2.24. The van der Waals surface area contributed by atoms with E-state index in [1.807, 2.05) is 12.1 Å². The number of carbonyl (C=O) groups excluding carboxylic acids is 1. The van der Waals surface area contributed by atoms with Gasteiger partial charge in [-0.1, -0.05) is 30.9 Å². The van der Waals surface area contributed by atoms with Crippen LogP contribution in [-0.2, 0) is 17.6 Å². The second-order valence-corrected chi connectivity index (χ2v) is 6.07. The SMILES string of the molecule is O=C(Cc1cc(Cl)cc2c1OCC2)C1CCCCC1. The molecule has 3 rings (SSSR count). The first-order chi connectivity index (χ1) is 9.24. The maximum absolute atomic E-state index is 12.4. The van der Waals surface area contributed by atoms with Crippen LogP contribution in [0.3, 0.4) is 0 Å². The molecule has 1 aliphatic heterocycles. The first kappa shape index (κ1) is 13.0. The van der Waals surface area contributed by atoms with Crippen molar-refractivity contribution < 1.29 is 9.53 Å². The standard InChI is InChI=1S/C16H19ClO2/c17-14-8-12-6-7-19-16(12)13(9-14)10-15(18)11-4-2-1-3-5-11/h8-9,11H,1-7,10H2. The molecule has 1 aromatic rings. The van der Waals surface area contributed by atoms with Gasteiger partial charge in [0.25, 0.3) is 0 Å². The van der Waals surface area contributed by atoms with Crippen molar-refractivity contribution in [1.29, 1.82) is 0 Å². The molecule has 0 N–H and O–H groups in total. The molecular weight excluding hydrogens is 260 g/mol. The van der Waals surface area contributed by atoms with E-state index in [-0.39, 0.29) is 5.92 Å². The third-order valence-corrected chi connectivity index (χ3v) is 4.47. The molecule has 1 saturated carbocycles. The zero-order valence-corrected chi connectivity index (χ0v) is 11.8. The lowest BCUT2D eigenvalue weighted by Crippen LogP contribution is -2.19. The fourth-order valence-corrected chi connectivity index (χ4v) is 3.50. The van der Waals surface area contributed by atoms with Gasteiger partial charge in [-0.3, -0.25) is 4.79 Å². The topological polar surface area (TPSA) is 26.3 Å². The van der Waals surface area contributed by atoms with Crippen molar-refractivity contribution in [2.24, 2.45) is 5.92 Å². The quantitative estimate of drug-likeness (QED) is 0.836. The maximum Gasteiger partial charge on any atom is 0.140 e. The number of benzene rings is 1. The van der Waals surface area contributed by atoms with Crippen molar-refractivity contribution >= 4 is 17.4 Å². The van der Waals surface area contributed by atoms with Crippen molar-refractivity contribution in [2.45, 2.75) is 44.9 Å². The molecule has 1 heterocycles. The van der Waals surface area contributed by atoms with Gasteiger partial charge in [0, 0.05) is 29.3 Å². The summed E-state index contributed by atoms with van der Waals surface area (Å²) in [5.41, 5.74) is 2.13. The largest absolute Gasteiger partial charge is 0.493 e. The van der Waals surface area contributed by atoms with Crippen molar-refractivity contribution in [3.05, 3.63) is 28.3 Å². The molecule has 1 aliphatic carbocycles. The van der Waals surface area contributed by atoms with Gasteiger partial charge in [0.1, 0.15) is 11.5 Å². The summed E-state index contributed by atoms with van der Waals surface area (Å²) in [5, 5.41) is 0.718. The van der Waals surface area contributed by atoms with Crippen LogP contribution in [0.2, 0.25) is 5.02 Å². The predicted octanol–water partition coefficient (Wildman–Crippen LogP) is 3.97. The Morgan fingerprint density at radius 1 is 1.26 bits per heavy atom. The number of halogens is 1. The molecular formula is C16H19ClO2. The van der Waals surface area contributed by atoms with Gasteiger partial charge in [-0.15, -0.1) is 0 Å². The van der Waals surface area contributed by atoms with E-state index in [4.69, 9.17) is 16.3 Å². The summed E-state index contributed by atoms with van der Waals surface area (Å²) in [6.45, 7) is 0.709. The molecule has 3 heteroatoms. The highest BCUT2D eigenvalue weighted by atomic mass is 35.5. The molecule has 1 fully saturated rings. The summed E-state index contributed by atoms with van der Waals surface area (Å²) < 4.78 is 5.66. The van der Waals surface area contributed by atoms with Gasteiger partial charge in [-0.25, -0.2) is 0 Å². The number of hydrogen-bond donors (Lipinski definition) is 0. The van der Waals surface area contributed by atoms with Crippen LogP contribution < -0.4 is 4.74 Å². The van der Waals surface area contributed by atoms with Gasteiger partial charge in [-0.2, -0.15) is 0 Å². The second kappa shape index (κ2) is 5.54. The van der Waals surface area contributed by atoms with E-state index >= 15 is 0 Å². The monoisotopic (exact) mass is 278 g/mol. The third kappa shape index (κ3) is 2.79. The molecule has 0 spiro atoms. The number of fused-ring (bicyclic) bond motifs is 1. The number of ether oxygens (including phenoxy) is 1. The summed E-state index contributed by atoms with van der Waals surface area (Å²) in [6.07, 6.45) is 7.17. The Kier molecular flexibility index (Phi) is 3.79. The molecule has 0 radical (unpaired) electrons. The Morgan fingerprint density at radius 2 is 2.05 bits per heavy atom. The Labute approximate surface area is 119 Å². The molecule has 0 bridgehead atoms. The number of carbonyl (C=O) groups is 1. The van der Waals surface area contributed by atoms with E-state index in [0.29, 0.717) is 18.8 Å². The van der Waals surface area contributed by atoms with Gasteiger partial charge < -0.3 is 4.74 Å². The molecule has 0 atom stereocenters. The van der Waals surface area contributed by atoms with Crippen LogP contribution in [0.15, 0.2) is 12.1 Å². The van der Waals surface area contributed by atoms with Gasteiger partial charge in [0.2, 0.25) is 0 Å². The van der Waals surface area contributed by atoms with Gasteiger partial charge >= 0.3 is 0 Å². The van der Waals surface area contributed by atoms with E-state index in [9.17, 15) is 4.79 Å². The normalized spacial score (nSPS) is 19.0. The fraction of sp³-hybridized carbons (Fsp3) is 0.562. The minimum absolute atomic E-state index is 0.254. The van der Waals surface area contributed by atoms with E-state index < -0.39 is 0 Å². The van der Waals surface area contributed by atoms with Crippen LogP contribution in [0, 0.1) is 5.92 Å². The molecule has 0 aromatic heterocycles. The lowest BCUT2D eigenvalue weighted by Gasteiger charge is -2.20. The fourth-order valence-electron chi connectivity index (χ4n) is 3.23. The highest BCUT2D eigenvalue weighted by Crippen LogP contribution is 2.34. The average molecular weight is 279 g/mol. The zero-order chi connectivity index (χ0) is 13.2. The minimum Gasteiger partial charge on any atom is -0.493 e. The molecule has 102 valence electrons. The highest BCUT2D eigenvalue weighted by molar-refractivity contribution is 6.30. The smallest absolute Gasteiger partial charge is 0.140 e. The van der Waals surface area contributed by atoms with Crippen LogP contribution in [-0.4, -0.2) is 12.4 Å². The Bertz CT molecular complexity index is 490. The third-order valence-electron chi connectivity index (χ3n) is 4.25. The summed E-state index contributed by atoms with van der Waals surface area (Å²) in [7, 11) is 0. The van der Waals surface area contributed by atoms with Crippen molar-refractivity contribution in [3.8, 4) is 5.75 Å². The molecule has 2 aliphatic rings. The van der Waals surface area contributed by atoms with E-state index in [1.54, 1.807) is 0 Å². The van der Waals surface area contributed by atoms with Crippen molar-refractivity contribution in [2.75, 3.05) is 6.61 Å². The molecule has 2 nitrogen and oxygen atoms in total. The van der Waals surface area contributed by atoms with E-state index in [1.165, 1.54) is 19.3 Å². The Morgan fingerprint density at radius 3 is 2.84 bits per heavy atom. The van der Waals surface area contributed by atoms with Crippen LogP contribution in [0.1, 0.15) is 43.2 Å². The maximum atomic E-state index is 12.4. The molecule has 0 unspecified atom stereocenters. The first-order valence-corrected chi connectivity index (χ1v) is 7.58. The summed E-state index contributed by atoms with van der Waals surface area (Å²) in [6, 6.07) is 3.85. The van der Waals surface area contributed by atoms with Gasteiger partial charge in [0.15, 0.2) is 0 Å².